The molecular formula is C22H19N3O4. The van der Waals surface area contributed by atoms with Gasteiger partial charge in [0.05, 0.1) is 11.3 Å². The van der Waals surface area contributed by atoms with E-state index in [0.717, 1.165) is 0 Å². The summed E-state index contributed by atoms with van der Waals surface area (Å²) in [6.07, 6.45) is -1.94. The molecule has 0 saturated carbocycles. The predicted octanol–water partition coefficient (Wildman–Crippen LogP) is 2.88. The molecule has 7 heteroatoms. The Balaban J connectivity index is 1.68. The first-order chi connectivity index (χ1) is 14.0. The second kappa shape index (κ2) is 9.29. The zero-order chi connectivity index (χ0) is 20.6. The Morgan fingerprint density at radius 1 is 0.621 bits per heavy atom. The number of para-hydroxylation sites is 3. The lowest BCUT2D eigenvalue weighted by atomic mass is 10.1. The van der Waals surface area contributed by atoms with Gasteiger partial charge in [-0.1, -0.05) is 48.5 Å². The number of benzene rings is 3. The smallest absolute Gasteiger partial charge is 0.263 e. The summed E-state index contributed by atoms with van der Waals surface area (Å²) >= 11 is 0. The first-order valence-corrected chi connectivity index (χ1v) is 8.85. The van der Waals surface area contributed by atoms with Gasteiger partial charge in [-0.2, -0.15) is 0 Å². The number of hydrogen-bond donors (Lipinski definition) is 4. The van der Waals surface area contributed by atoms with Crippen LogP contribution in [0.15, 0.2) is 84.9 Å². The van der Waals surface area contributed by atoms with Gasteiger partial charge in [-0.05, 0) is 36.4 Å². The minimum absolute atomic E-state index is 0.178. The van der Waals surface area contributed by atoms with Crippen molar-refractivity contribution in [2.75, 3.05) is 16.0 Å². The molecule has 29 heavy (non-hydrogen) atoms. The van der Waals surface area contributed by atoms with Crippen LogP contribution in [0.25, 0.3) is 0 Å². The van der Waals surface area contributed by atoms with Gasteiger partial charge in [0.2, 0.25) is 6.10 Å². The minimum atomic E-state index is -1.94. The highest BCUT2D eigenvalue weighted by molar-refractivity contribution is 6.15. The van der Waals surface area contributed by atoms with E-state index in [4.69, 9.17) is 0 Å². The van der Waals surface area contributed by atoms with Crippen molar-refractivity contribution in [2.45, 2.75) is 6.10 Å². The van der Waals surface area contributed by atoms with Crippen molar-refractivity contribution >= 4 is 34.8 Å². The Morgan fingerprint density at radius 2 is 1.10 bits per heavy atom. The normalized spacial score (nSPS) is 11.2. The van der Waals surface area contributed by atoms with Crippen molar-refractivity contribution in [3.05, 3.63) is 90.5 Å². The largest absolute Gasteiger partial charge is 0.375 e. The van der Waals surface area contributed by atoms with Crippen molar-refractivity contribution in [3.63, 3.8) is 0 Å². The molecule has 0 saturated heterocycles. The van der Waals surface area contributed by atoms with Crippen LogP contribution < -0.4 is 16.0 Å². The van der Waals surface area contributed by atoms with Crippen LogP contribution in [0.3, 0.4) is 0 Å². The number of hydrogen-bond acceptors (Lipinski definition) is 4. The Hall–Kier alpha value is -3.97. The first kappa shape index (κ1) is 19.8. The first-order valence-electron chi connectivity index (χ1n) is 8.85. The molecule has 0 aliphatic rings. The number of amides is 3. The summed E-state index contributed by atoms with van der Waals surface area (Å²) in [5, 5.41) is 17.7. The molecular weight excluding hydrogens is 370 g/mol. The molecule has 4 N–H and O–H groups in total. The van der Waals surface area contributed by atoms with Crippen LogP contribution in [0, 0.1) is 0 Å². The van der Waals surface area contributed by atoms with E-state index in [9.17, 15) is 19.5 Å². The maximum absolute atomic E-state index is 12.6. The van der Waals surface area contributed by atoms with E-state index in [1.165, 1.54) is 12.1 Å². The van der Waals surface area contributed by atoms with E-state index >= 15 is 0 Å². The summed E-state index contributed by atoms with van der Waals surface area (Å²) in [6.45, 7) is 0. The molecule has 3 aromatic carbocycles. The molecule has 0 radical (unpaired) electrons. The Labute approximate surface area is 167 Å². The molecule has 1 atom stereocenters. The molecule has 0 heterocycles. The third kappa shape index (κ3) is 5.27. The van der Waals surface area contributed by atoms with Crippen LogP contribution in [0.2, 0.25) is 0 Å². The van der Waals surface area contributed by atoms with Crippen molar-refractivity contribution in [1.29, 1.82) is 0 Å². The fourth-order valence-corrected chi connectivity index (χ4v) is 2.56. The standard InChI is InChI=1S/C22H19N3O4/c26-19(21(28)24-16-11-5-2-6-12-16)22(29)25-18-14-8-7-13-17(18)20(27)23-15-9-3-1-4-10-15/h1-14,19,26H,(H,23,27)(H,24,28)(H,25,29). The number of nitrogens with one attached hydrogen (secondary N) is 3. The average molecular weight is 389 g/mol. The third-order valence-corrected chi connectivity index (χ3v) is 4.00. The van der Waals surface area contributed by atoms with E-state index < -0.39 is 23.8 Å². The highest BCUT2D eigenvalue weighted by Gasteiger charge is 2.25. The molecule has 0 bridgehead atoms. The average Bonchev–Trinajstić information content (AvgIpc) is 2.75. The second-order valence-corrected chi connectivity index (χ2v) is 6.11. The monoisotopic (exact) mass is 389 g/mol. The van der Waals surface area contributed by atoms with Crippen molar-refractivity contribution in [1.82, 2.24) is 0 Å². The van der Waals surface area contributed by atoms with Gasteiger partial charge in [-0.25, -0.2) is 0 Å². The third-order valence-electron chi connectivity index (χ3n) is 4.00. The Bertz CT molecular complexity index is 1010. The number of rotatable bonds is 6. The molecule has 3 amide bonds. The predicted molar refractivity (Wildman–Crippen MR) is 111 cm³/mol. The van der Waals surface area contributed by atoms with Gasteiger partial charge in [-0.3, -0.25) is 14.4 Å². The summed E-state index contributed by atoms with van der Waals surface area (Å²) < 4.78 is 0. The highest BCUT2D eigenvalue weighted by Crippen LogP contribution is 2.18. The molecule has 7 nitrogen and oxygen atoms in total. The lowest BCUT2D eigenvalue weighted by molar-refractivity contribution is -0.134. The maximum atomic E-state index is 12.6. The maximum Gasteiger partial charge on any atom is 0.263 e. The van der Waals surface area contributed by atoms with Gasteiger partial charge in [0, 0.05) is 11.4 Å². The van der Waals surface area contributed by atoms with E-state index in [1.807, 2.05) is 6.07 Å². The SMILES string of the molecule is O=C(Nc1ccccc1)c1ccccc1NC(=O)C(O)C(=O)Nc1ccccc1. The molecule has 3 rings (SSSR count). The van der Waals surface area contributed by atoms with Crippen LogP contribution in [0.4, 0.5) is 17.1 Å². The number of aliphatic hydroxyl groups excluding tert-OH is 1. The summed E-state index contributed by atoms with van der Waals surface area (Å²) in [7, 11) is 0. The van der Waals surface area contributed by atoms with E-state index in [-0.39, 0.29) is 11.3 Å². The summed E-state index contributed by atoms with van der Waals surface area (Å²) in [4.78, 5) is 37.0. The van der Waals surface area contributed by atoms with Gasteiger partial charge in [-0.15, -0.1) is 0 Å². The molecule has 0 aliphatic carbocycles. The molecule has 3 aromatic rings. The molecule has 1 unspecified atom stereocenters. The zero-order valence-electron chi connectivity index (χ0n) is 15.3. The molecule has 0 spiro atoms. The fourth-order valence-electron chi connectivity index (χ4n) is 2.56. The minimum Gasteiger partial charge on any atom is -0.375 e. The van der Waals surface area contributed by atoms with E-state index in [1.54, 1.807) is 66.7 Å². The van der Waals surface area contributed by atoms with Gasteiger partial charge in [0.25, 0.3) is 17.7 Å². The zero-order valence-corrected chi connectivity index (χ0v) is 15.3. The van der Waals surface area contributed by atoms with Crippen molar-refractivity contribution < 1.29 is 19.5 Å². The van der Waals surface area contributed by atoms with Crippen molar-refractivity contribution in [2.24, 2.45) is 0 Å². The topological polar surface area (TPSA) is 108 Å². The van der Waals surface area contributed by atoms with Gasteiger partial charge in [0.15, 0.2) is 0 Å². The van der Waals surface area contributed by atoms with Crippen molar-refractivity contribution in [3.8, 4) is 0 Å². The van der Waals surface area contributed by atoms with Crippen LogP contribution in [0.1, 0.15) is 10.4 Å². The molecule has 0 aromatic heterocycles. The van der Waals surface area contributed by atoms with Crippen LogP contribution >= 0.6 is 0 Å². The highest BCUT2D eigenvalue weighted by atomic mass is 16.3. The Morgan fingerprint density at radius 3 is 1.72 bits per heavy atom. The summed E-state index contributed by atoms with van der Waals surface area (Å²) in [5.41, 5.74) is 1.42. The number of anilines is 3. The molecule has 0 fully saturated rings. The lowest BCUT2D eigenvalue weighted by Crippen LogP contribution is -2.39. The van der Waals surface area contributed by atoms with Gasteiger partial charge >= 0.3 is 0 Å². The van der Waals surface area contributed by atoms with Crippen LogP contribution in [-0.2, 0) is 9.59 Å². The second-order valence-electron chi connectivity index (χ2n) is 6.11. The number of aliphatic hydroxyl groups is 1. The van der Waals surface area contributed by atoms with Gasteiger partial charge in [0.1, 0.15) is 0 Å². The van der Waals surface area contributed by atoms with E-state index in [2.05, 4.69) is 16.0 Å². The number of carbonyl (C=O) groups excluding carboxylic acids is 3. The molecule has 0 aliphatic heterocycles. The van der Waals surface area contributed by atoms with Crippen LogP contribution in [-0.4, -0.2) is 28.9 Å². The fraction of sp³-hybridized carbons (Fsp3) is 0.0455. The van der Waals surface area contributed by atoms with E-state index in [0.29, 0.717) is 11.4 Å². The van der Waals surface area contributed by atoms with Gasteiger partial charge < -0.3 is 21.1 Å². The quantitative estimate of drug-likeness (QED) is 0.486. The summed E-state index contributed by atoms with van der Waals surface area (Å²) in [5.74, 6) is -2.26. The number of carbonyl (C=O) groups is 3. The lowest BCUT2D eigenvalue weighted by Gasteiger charge is -2.14. The summed E-state index contributed by atoms with van der Waals surface area (Å²) in [6, 6.07) is 23.6. The molecule has 146 valence electrons. The van der Waals surface area contributed by atoms with Crippen LogP contribution in [0.5, 0.6) is 0 Å². The Kier molecular flexibility index (Phi) is 6.34.